The second-order valence-electron chi connectivity index (χ2n) is 13.9. The van der Waals surface area contributed by atoms with Crippen molar-refractivity contribution in [2.75, 3.05) is 41.5 Å². The number of hydrogen-bond acceptors (Lipinski definition) is 8. The number of nitrogens with zero attached hydrogens (tertiary/aromatic N) is 6. The third kappa shape index (κ3) is 6.51. The second kappa shape index (κ2) is 14.4. The molecule has 0 spiro atoms. The van der Waals surface area contributed by atoms with E-state index in [2.05, 4.69) is 23.6 Å². The number of ether oxygens (including phenoxy) is 2. The molecule has 0 aliphatic carbocycles. The Morgan fingerprint density at radius 1 is 1.06 bits per heavy atom. The first-order valence-electron chi connectivity index (χ1n) is 17.5. The molecule has 0 unspecified atom stereocenters. The second-order valence-corrected chi connectivity index (χ2v) is 14.8. The molecule has 2 aromatic carbocycles. The average molecular weight is 741 g/mol. The lowest BCUT2D eigenvalue weighted by atomic mass is 9.90. The molecule has 2 aliphatic rings. The van der Waals surface area contributed by atoms with Crippen LogP contribution < -0.4 is 4.74 Å². The van der Waals surface area contributed by atoms with Crippen LogP contribution in [0.2, 0.25) is 0 Å². The standard InChI is InChI=1S/C40H42F2N6O4S/c1-8-34(49)48-22(2)20-47-31(23(48)3)19-30(44-47)38-36(35-29(42)17-27(41)18-33(35)52-13-12-51-7)39-28(11-14-53-39)37(43-38)25-10-9-24-16-32(40(50)45(4)5)46(6)21-26(24)15-25/h8-11,14-15,17-19,22-23,32H,1,12-13,16,20-21H2,2-7H3/t22-,23+,32-/m0/s1. The minimum Gasteiger partial charge on any atom is -0.490 e. The van der Waals surface area contributed by atoms with Crippen molar-refractivity contribution in [2.45, 2.75) is 51.5 Å². The van der Waals surface area contributed by atoms with Gasteiger partial charge in [-0.05, 0) is 68.1 Å². The van der Waals surface area contributed by atoms with Crippen molar-refractivity contribution in [3.05, 3.63) is 89.0 Å². The summed E-state index contributed by atoms with van der Waals surface area (Å²) in [5, 5.41) is 7.74. The first kappa shape index (κ1) is 36.4. The molecule has 3 atom stereocenters. The molecule has 2 amide bonds. The Morgan fingerprint density at radius 3 is 2.58 bits per heavy atom. The molecule has 5 heterocycles. The highest BCUT2D eigenvalue weighted by Crippen LogP contribution is 2.48. The number of methoxy groups -OCH3 is 1. The van der Waals surface area contributed by atoms with Gasteiger partial charge < -0.3 is 19.3 Å². The molecule has 10 nitrogen and oxygen atoms in total. The van der Waals surface area contributed by atoms with Gasteiger partial charge in [0.25, 0.3) is 0 Å². The fraction of sp³-hybridized carbons (Fsp3) is 0.350. The number of hydrogen-bond donors (Lipinski definition) is 0. The number of amides is 2. The molecule has 0 N–H and O–H groups in total. The van der Waals surface area contributed by atoms with Crippen LogP contribution in [0.3, 0.4) is 0 Å². The van der Waals surface area contributed by atoms with E-state index >= 15 is 4.39 Å². The van der Waals surface area contributed by atoms with Crippen molar-refractivity contribution >= 4 is 33.2 Å². The van der Waals surface area contributed by atoms with Gasteiger partial charge in [-0.25, -0.2) is 13.8 Å². The molecule has 0 radical (unpaired) electrons. The Morgan fingerprint density at radius 2 is 1.85 bits per heavy atom. The van der Waals surface area contributed by atoms with Crippen molar-refractivity contribution in [1.82, 2.24) is 29.5 Å². The Hall–Kier alpha value is -4.98. The van der Waals surface area contributed by atoms with E-state index in [9.17, 15) is 14.0 Å². The number of pyridine rings is 1. The summed E-state index contributed by atoms with van der Waals surface area (Å²) in [6.07, 6.45) is 1.90. The number of likely N-dealkylation sites (N-methyl/N-ethyl adjacent to an activating group) is 2. The molecule has 13 heteroatoms. The van der Waals surface area contributed by atoms with Crippen LogP contribution >= 0.6 is 11.3 Å². The van der Waals surface area contributed by atoms with Gasteiger partial charge in [-0.3, -0.25) is 19.2 Å². The van der Waals surface area contributed by atoms with E-state index in [0.717, 1.165) is 38.5 Å². The largest absolute Gasteiger partial charge is 0.490 e. The average Bonchev–Trinajstić information content (AvgIpc) is 3.78. The van der Waals surface area contributed by atoms with Crippen molar-refractivity contribution in [3.63, 3.8) is 0 Å². The lowest BCUT2D eigenvalue weighted by Gasteiger charge is -2.38. The lowest BCUT2D eigenvalue weighted by Crippen LogP contribution is -2.48. The Kier molecular flexibility index (Phi) is 9.92. The van der Waals surface area contributed by atoms with Gasteiger partial charge in [0, 0.05) is 67.1 Å². The molecule has 7 rings (SSSR count). The number of halogens is 2. The molecule has 0 fully saturated rings. The topological polar surface area (TPSA) is 93.0 Å². The molecular weight excluding hydrogens is 699 g/mol. The zero-order chi connectivity index (χ0) is 37.7. The summed E-state index contributed by atoms with van der Waals surface area (Å²) in [4.78, 5) is 36.6. The molecule has 53 heavy (non-hydrogen) atoms. The summed E-state index contributed by atoms with van der Waals surface area (Å²) >= 11 is 1.43. The fourth-order valence-corrected chi connectivity index (χ4v) is 8.59. The minimum atomic E-state index is -0.796. The van der Waals surface area contributed by atoms with Gasteiger partial charge in [0.1, 0.15) is 35.4 Å². The number of carbonyl (C=O) groups is 2. The molecule has 0 bridgehead atoms. The summed E-state index contributed by atoms with van der Waals surface area (Å²) < 4.78 is 44.8. The summed E-state index contributed by atoms with van der Waals surface area (Å²) in [6.45, 7) is 8.92. The first-order chi connectivity index (χ1) is 25.4. The Labute approximate surface area is 311 Å². The van der Waals surface area contributed by atoms with E-state index in [-0.39, 0.29) is 54.5 Å². The predicted octanol–water partition coefficient (Wildman–Crippen LogP) is 6.72. The van der Waals surface area contributed by atoms with Crippen LogP contribution in [0, 0.1) is 11.6 Å². The highest BCUT2D eigenvalue weighted by atomic mass is 32.1. The monoisotopic (exact) mass is 740 g/mol. The normalized spacial score (nSPS) is 18.5. The van der Waals surface area contributed by atoms with Gasteiger partial charge in [0.15, 0.2) is 0 Å². The number of thiophene rings is 1. The summed E-state index contributed by atoms with van der Waals surface area (Å²) in [7, 11) is 7.03. The number of fused-ring (bicyclic) bond motifs is 3. The van der Waals surface area contributed by atoms with Crippen molar-refractivity contribution in [3.8, 4) is 39.5 Å². The summed E-state index contributed by atoms with van der Waals surface area (Å²) in [5.41, 5.74) is 5.90. The van der Waals surface area contributed by atoms with Crippen LogP contribution in [-0.4, -0.2) is 94.8 Å². The van der Waals surface area contributed by atoms with Crippen molar-refractivity contribution < 1.29 is 27.8 Å². The Balaban J connectivity index is 1.44. The quantitative estimate of drug-likeness (QED) is 0.122. The fourth-order valence-electron chi connectivity index (χ4n) is 7.65. The highest BCUT2D eigenvalue weighted by molar-refractivity contribution is 7.18. The van der Waals surface area contributed by atoms with E-state index in [1.807, 2.05) is 49.2 Å². The Bertz CT molecular complexity index is 2250. The smallest absolute Gasteiger partial charge is 0.246 e. The van der Waals surface area contributed by atoms with E-state index in [1.54, 1.807) is 23.9 Å². The van der Waals surface area contributed by atoms with Gasteiger partial charge in [-0.15, -0.1) is 11.3 Å². The number of benzene rings is 2. The van der Waals surface area contributed by atoms with Crippen LogP contribution in [0.5, 0.6) is 5.75 Å². The SMILES string of the molecule is C=CC(=O)N1[C@H](C)c2cc(-c3nc(-c4ccc5c(c4)CN(C)[C@H](C(=O)N(C)C)C5)c4ccsc4c3-c3c(F)cc(F)cc3OCCOC)nn2C[C@@H]1C. The van der Waals surface area contributed by atoms with Gasteiger partial charge in [0.05, 0.1) is 42.2 Å². The van der Waals surface area contributed by atoms with Gasteiger partial charge in [-0.2, -0.15) is 5.10 Å². The molecule has 0 saturated carbocycles. The molecule has 0 saturated heterocycles. The van der Waals surface area contributed by atoms with E-state index in [1.165, 1.54) is 30.6 Å². The minimum absolute atomic E-state index is 0.0254. The summed E-state index contributed by atoms with van der Waals surface area (Å²) in [5.74, 6) is -1.66. The maximum absolute atomic E-state index is 16.3. The van der Waals surface area contributed by atoms with Crippen LogP contribution in [0.15, 0.2) is 60.5 Å². The van der Waals surface area contributed by atoms with E-state index in [4.69, 9.17) is 19.6 Å². The van der Waals surface area contributed by atoms with Crippen LogP contribution in [0.25, 0.3) is 43.9 Å². The molecule has 5 aromatic rings. The molecular formula is C40H42F2N6O4S. The molecule has 276 valence electrons. The third-order valence-corrected chi connectivity index (χ3v) is 11.2. The zero-order valence-corrected chi connectivity index (χ0v) is 31.5. The highest BCUT2D eigenvalue weighted by Gasteiger charge is 2.35. The first-order valence-corrected chi connectivity index (χ1v) is 18.4. The lowest BCUT2D eigenvalue weighted by molar-refractivity contribution is -0.134. The third-order valence-electron chi connectivity index (χ3n) is 10.2. The van der Waals surface area contributed by atoms with Crippen LogP contribution in [0.4, 0.5) is 8.78 Å². The predicted molar refractivity (Wildman–Crippen MR) is 202 cm³/mol. The summed E-state index contributed by atoms with van der Waals surface area (Å²) in [6, 6.07) is 11.3. The van der Waals surface area contributed by atoms with Crippen molar-refractivity contribution in [2.24, 2.45) is 0 Å². The maximum Gasteiger partial charge on any atom is 0.246 e. The van der Waals surface area contributed by atoms with E-state index in [0.29, 0.717) is 42.2 Å². The van der Waals surface area contributed by atoms with Gasteiger partial charge in [0.2, 0.25) is 11.8 Å². The number of rotatable bonds is 9. The van der Waals surface area contributed by atoms with Crippen LogP contribution in [0.1, 0.15) is 36.7 Å². The van der Waals surface area contributed by atoms with E-state index < -0.39 is 11.6 Å². The maximum atomic E-state index is 16.3. The van der Waals surface area contributed by atoms with Crippen LogP contribution in [-0.2, 0) is 33.8 Å². The molecule has 2 aliphatic heterocycles. The number of aromatic nitrogens is 3. The number of carbonyl (C=O) groups excluding carboxylic acids is 2. The zero-order valence-electron chi connectivity index (χ0n) is 30.7. The van der Waals surface area contributed by atoms with Crippen molar-refractivity contribution in [1.29, 1.82) is 0 Å². The molecule has 3 aromatic heterocycles. The van der Waals surface area contributed by atoms with Gasteiger partial charge >= 0.3 is 0 Å². The van der Waals surface area contributed by atoms with Gasteiger partial charge in [-0.1, -0.05) is 18.7 Å².